The Kier molecular flexibility index (Phi) is 6.20. The molecule has 1 aliphatic heterocycles. The van der Waals surface area contributed by atoms with Crippen LogP contribution < -0.4 is 14.4 Å². The van der Waals surface area contributed by atoms with Crippen LogP contribution in [-0.4, -0.2) is 31.0 Å². The van der Waals surface area contributed by atoms with Gasteiger partial charge in [-0.25, -0.2) is 0 Å². The number of amides is 1. The second-order valence-electron chi connectivity index (χ2n) is 8.11. The molecule has 0 aromatic heterocycles. The van der Waals surface area contributed by atoms with Crippen LogP contribution in [0.4, 0.5) is 5.69 Å². The number of hydrogen-bond donors (Lipinski definition) is 1. The molecule has 1 unspecified atom stereocenters. The molecule has 0 saturated carbocycles. The number of anilines is 1. The SMILES string of the molecule is CCc1ccc(C(=O)CC2(O)C(=O)N(Cc3ccc(OC)c(OC)c3)c3ccccc32)cc1. The maximum atomic E-state index is 13.5. The summed E-state index contributed by atoms with van der Waals surface area (Å²) in [6.45, 7) is 2.26. The summed E-state index contributed by atoms with van der Waals surface area (Å²) in [5.74, 6) is 0.342. The lowest BCUT2D eigenvalue weighted by Crippen LogP contribution is -2.41. The fourth-order valence-electron chi connectivity index (χ4n) is 4.26. The first kappa shape index (κ1) is 22.6. The number of carbonyl (C=O) groups is 2. The number of methoxy groups -OCH3 is 2. The molecule has 1 amide bonds. The molecule has 0 fully saturated rings. The quantitative estimate of drug-likeness (QED) is 0.524. The summed E-state index contributed by atoms with van der Waals surface area (Å²) >= 11 is 0. The highest BCUT2D eigenvalue weighted by molar-refractivity contribution is 6.10. The number of ether oxygens (including phenoxy) is 2. The minimum atomic E-state index is -1.92. The Morgan fingerprint density at radius 1 is 0.939 bits per heavy atom. The lowest BCUT2D eigenvalue weighted by molar-refractivity contribution is -0.136. The Morgan fingerprint density at radius 3 is 2.27 bits per heavy atom. The smallest absolute Gasteiger partial charge is 0.264 e. The van der Waals surface area contributed by atoms with E-state index < -0.39 is 11.5 Å². The van der Waals surface area contributed by atoms with Crippen molar-refractivity contribution in [3.63, 3.8) is 0 Å². The van der Waals surface area contributed by atoms with Crippen LogP contribution in [-0.2, 0) is 23.4 Å². The number of aliphatic hydroxyl groups is 1. The van der Waals surface area contributed by atoms with Gasteiger partial charge in [-0.2, -0.15) is 0 Å². The van der Waals surface area contributed by atoms with Gasteiger partial charge >= 0.3 is 0 Å². The number of nitrogens with zero attached hydrogens (tertiary/aromatic N) is 1. The molecule has 1 atom stereocenters. The summed E-state index contributed by atoms with van der Waals surface area (Å²) in [6.07, 6.45) is 0.548. The number of fused-ring (bicyclic) bond motifs is 1. The van der Waals surface area contributed by atoms with Crippen molar-refractivity contribution in [1.29, 1.82) is 0 Å². The normalized spacial score (nSPS) is 17.1. The average Bonchev–Trinajstić information content (AvgIpc) is 3.05. The lowest BCUT2D eigenvalue weighted by atomic mass is 9.88. The molecular weight excluding hydrogens is 418 g/mol. The summed E-state index contributed by atoms with van der Waals surface area (Å²) in [7, 11) is 3.11. The summed E-state index contributed by atoms with van der Waals surface area (Å²) < 4.78 is 10.7. The zero-order valence-corrected chi connectivity index (χ0v) is 19.0. The minimum Gasteiger partial charge on any atom is -0.493 e. The molecule has 3 aromatic rings. The van der Waals surface area contributed by atoms with E-state index in [1.54, 1.807) is 56.7 Å². The number of carbonyl (C=O) groups excluding carboxylic acids is 2. The molecule has 0 bridgehead atoms. The Bertz CT molecular complexity index is 1190. The van der Waals surface area contributed by atoms with E-state index in [-0.39, 0.29) is 18.7 Å². The number of hydrogen-bond acceptors (Lipinski definition) is 5. The molecule has 3 aromatic carbocycles. The molecule has 1 heterocycles. The summed E-state index contributed by atoms with van der Waals surface area (Å²) in [5.41, 5.74) is 1.51. The molecular formula is C27H27NO5. The Morgan fingerprint density at radius 2 is 1.61 bits per heavy atom. The van der Waals surface area contributed by atoms with Crippen molar-refractivity contribution in [2.75, 3.05) is 19.1 Å². The van der Waals surface area contributed by atoms with Crippen LogP contribution in [0.2, 0.25) is 0 Å². The number of Topliss-reactive ketones (excluding diaryl/α,β-unsaturated/α-hetero) is 1. The van der Waals surface area contributed by atoms with Gasteiger partial charge in [-0.1, -0.05) is 55.5 Å². The maximum absolute atomic E-state index is 13.5. The van der Waals surface area contributed by atoms with Crippen LogP contribution in [0.15, 0.2) is 66.7 Å². The van der Waals surface area contributed by atoms with E-state index in [2.05, 4.69) is 0 Å². The van der Waals surface area contributed by atoms with Crippen molar-refractivity contribution in [3.05, 3.63) is 89.0 Å². The van der Waals surface area contributed by atoms with Crippen LogP contribution in [0.5, 0.6) is 11.5 Å². The monoisotopic (exact) mass is 445 g/mol. The van der Waals surface area contributed by atoms with Crippen LogP contribution >= 0.6 is 0 Å². The van der Waals surface area contributed by atoms with Crippen molar-refractivity contribution in [2.24, 2.45) is 0 Å². The third-order valence-corrected chi connectivity index (χ3v) is 6.13. The lowest BCUT2D eigenvalue weighted by Gasteiger charge is -2.23. The number of rotatable bonds is 8. The molecule has 6 nitrogen and oxygen atoms in total. The highest BCUT2D eigenvalue weighted by Gasteiger charge is 2.50. The molecule has 0 saturated heterocycles. The summed E-state index contributed by atoms with van der Waals surface area (Å²) in [6, 6.07) is 19.8. The molecule has 170 valence electrons. The van der Waals surface area contributed by atoms with Gasteiger partial charge in [0.2, 0.25) is 0 Å². The molecule has 6 heteroatoms. The Hall–Kier alpha value is -3.64. The largest absolute Gasteiger partial charge is 0.493 e. The average molecular weight is 446 g/mol. The van der Waals surface area contributed by atoms with Crippen LogP contribution in [0.25, 0.3) is 0 Å². The summed E-state index contributed by atoms with van der Waals surface area (Å²) in [4.78, 5) is 28.0. The molecule has 1 aliphatic rings. The zero-order valence-electron chi connectivity index (χ0n) is 19.0. The topological polar surface area (TPSA) is 76.1 Å². The fraction of sp³-hybridized carbons (Fsp3) is 0.259. The van der Waals surface area contributed by atoms with Crippen LogP contribution in [0.3, 0.4) is 0 Å². The Balaban J connectivity index is 1.64. The fourth-order valence-corrected chi connectivity index (χ4v) is 4.26. The third-order valence-electron chi connectivity index (χ3n) is 6.13. The molecule has 4 rings (SSSR count). The van der Waals surface area contributed by atoms with Crippen LogP contribution in [0, 0.1) is 0 Å². The highest BCUT2D eigenvalue weighted by atomic mass is 16.5. The minimum absolute atomic E-state index is 0.220. The molecule has 0 spiro atoms. The van der Waals surface area contributed by atoms with Gasteiger partial charge in [0.1, 0.15) is 0 Å². The van der Waals surface area contributed by atoms with Crippen molar-refractivity contribution in [2.45, 2.75) is 31.9 Å². The van der Waals surface area contributed by atoms with E-state index in [0.29, 0.717) is 28.3 Å². The first-order chi connectivity index (χ1) is 15.9. The van der Waals surface area contributed by atoms with Gasteiger partial charge < -0.3 is 19.5 Å². The van der Waals surface area contributed by atoms with E-state index in [1.165, 1.54) is 4.90 Å². The standard InChI is InChI=1S/C27H27NO5/c1-4-18-9-12-20(13-10-18)23(29)16-27(31)21-7-5-6-8-22(21)28(26(27)30)17-19-11-14-24(32-2)25(15-19)33-3/h5-15,31H,4,16-17H2,1-3H3. The number of ketones is 1. The van der Waals surface area contributed by atoms with E-state index in [9.17, 15) is 14.7 Å². The van der Waals surface area contributed by atoms with E-state index in [1.807, 2.05) is 31.2 Å². The second-order valence-corrected chi connectivity index (χ2v) is 8.11. The van der Waals surface area contributed by atoms with Crippen molar-refractivity contribution in [1.82, 2.24) is 0 Å². The van der Waals surface area contributed by atoms with Gasteiger partial charge in [0.05, 0.1) is 32.9 Å². The van der Waals surface area contributed by atoms with Crippen LogP contribution in [0.1, 0.15) is 40.4 Å². The first-order valence-corrected chi connectivity index (χ1v) is 10.9. The van der Waals surface area contributed by atoms with Gasteiger partial charge in [0.25, 0.3) is 5.91 Å². The zero-order chi connectivity index (χ0) is 23.6. The maximum Gasteiger partial charge on any atom is 0.264 e. The number of aryl methyl sites for hydroxylation is 1. The van der Waals surface area contributed by atoms with E-state index in [4.69, 9.17) is 9.47 Å². The molecule has 0 aliphatic carbocycles. The third kappa shape index (κ3) is 4.10. The van der Waals surface area contributed by atoms with Gasteiger partial charge in [-0.05, 0) is 35.7 Å². The predicted molar refractivity (Wildman–Crippen MR) is 126 cm³/mol. The van der Waals surface area contributed by atoms with Gasteiger partial charge in [0.15, 0.2) is 22.9 Å². The predicted octanol–water partition coefficient (Wildman–Crippen LogP) is 4.27. The van der Waals surface area contributed by atoms with E-state index in [0.717, 1.165) is 17.5 Å². The first-order valence-electron chi connectivity index (χ1n) is 10.9. The molecule has 0 radical (unpaired) electrons. The second kappa shape index (κ2) is 9.08. The van der Waals surface area contributed by atoms with Gasteiger partial charge in [0, 0.05) is 11.1 Å². The van der Waals surface area contributed by atoms with Crippen molar-refractivity contribution in [3.8, 4) is 11.5 Å². The van der Waals surface area contributed by atoms with E-state index >= 15 is 0 Å². The van der Waals surface area contributed by atoms with Gasteiger partial charge in [-0.3, -0.25) is 9.59 Å². The van der Waals surface area contributed by atoms with Crippen molar-refractivity contribution >= 4 is 17.4 Å². The summed E-state index contributed by atoms with van der Waals surface area (Å²) in [5, 5.41) is 11.5. The Labute approximate surface area is 193 Å². The molecule has 33 heavy (non-hydrogen) atoms. The highest BCUT2D eigenvalue weighted by Crippen LogP contribution is 2.44. The molecule has 1 N–H and O–H groups in total. The number of para-hydroxylation sites is 1. The number of benzene rings is 3. The van der Waals surface area contributed by atoms with Gasteiger partial charge in [-0.15, -0.1) is 0 Å². The van der Waals surface area contributed by atoms with Crippen molar-refractivity contribution < 1.29 is 24.2 Å².